The molecule has 0 spiro atoms. The summed E-state index contributed by atoms with van der Waals surface area (Å²) in [5.74, 6) is -0.648. The third-order valence-electron chi connectivity index (χ3n) is 9.47. The molecule has 0 saturated carbocycles. The zero-order chi connectivity index (χ0) is 34.4. The number of rotatable bonds is 33. The highest BCUT2D eigenvalue weighted by atomic mass is 16.5. The maximum atomic E-state index is 12.3. The molecule has 47 heavy (non-hydrogen) atoms. The molecule has 7 heteroatoms. The van der Waals surface area contributed by atoms with Crippen molar-refractivity contribution in [2.75, 3.05) is 13.2 Å². The number of aliphatic hydroxyl groups is 5. The number of ether oxygens (including phenoxy) is 1. The van der Waals surface area contributed by atoms with Gasteiger partial charge in [-0.1, -0.05) is 173 Å². The zero-order valence-corrected chi connectivity index (χ0v) is 30.0. The Labute approximate surface area is 287 Å². The molecule has 0 saturated heterocycles. The van der Waals surface area contributed by atoms with E-state index in [9.17, 15) is 25.2 Å². The molecule has 0 heterocycles. The minimum absolute atomic E-state index is 0.334. The van der Waals surface area contributed by atoms with Gasteiger partial charge in [0.05, 0.1) is 12.2 Å². The van der Waals surface area contributed by atoms with E-state index < -0.39 is 43.6 Å². The first-order valence-electron chi connectivity index (χ1n) is 19.5. The molecule has 5 N–H and O–H groups in total. The van der Waals surface area contributed by atoms with Gasteiger partial charge in [0.15, 0.2) is 0 Å². The topological polar surface area (TPSA) is 127 Å². The molecule has 4 atom stereocenters. The van der Waals surface area contributed by atoms with Gasteiger partial charge in [-0.05, 0) is 30.5 Å². The first-order chi connectivity index (χ1) is 22.9. The van der Waals surface area contributed by atoms with Crippen LogP contribution in [0.15, 0.2) is 24.3 Å². The normalized spacial score (nSPS) is 14.2. The molecule has 0 aliphatic rings. The fourth-order valence-corrected chi connectivity index (χ4v) is 6.18. The van der Waals surface area contributed by atoms with Gasteiger partial charge in [0.2, 0.25) is 0 Å². The van der Waals surface area contributed by atoms with E-state index in [1.54, 1.807) is 12.1 Å². The maximum Gasteiger partial charge on any atom is 0.338 e. The van der Waals surface area contributed by atoms with Crippen LogP contribution in [0.5, 0.6) is 0 Å². The summed E-state index contributed by atoms with van der Waals surface area (Å²) in [5.41, 5.74) is 1.49. The Kier molecular flexibility index (Phi) is 28.3. The number of esters is 1. The first-order valence-corrected chi connectivity index (χ1v) is 19.5. The fourth-order valence-electron chi connectivity index (χ4n) is 6.18. The third kappa shape index (κ3) is 23.5. The number of aliphatic hydroxyl groups excluding tert-OH is 5. The summed E-state index contributed by atoms with van der Waals surface area (Å²) in [6.07, 6.45) is 29.0. The number of hydrogen-bond donors (Lipinski definition) is 5. The van der Waals surface area contributed by atoms with Crippen LogP contribution in [-0.4, -0.2) is 69.1 Å². The van der Waals surface area contributed by atoms with Gasteiger partial charge in [-0.25, -0.2) is 4.79 Å². The molecule has 1 aromatic rings. The second-order valence-corrected chi connectivity index (χ2v) is 13.8. The lowest BCUT2D eigenvalue weighted by Gasteiger charge is -2.25. The lowest BCUT2D eigenvalue weighted by molar-refractivity contribution is -0.124. The van der Waals surface area contributed by atoms with Gasteiger partial charge < -0.3 is 30.3 Å². The Morgan fingerprint density at radius 2 is 0.872 bits per heavy atom. The van der Waals surface area contributed by atoms with Crippen molar-refractivity contribution in [1.29, 1.82) is 0 Å². The average Bonchev–Trinajstić information content (AvgIpc) is 3.09. The van der Waals surface area contributed by atoms with Gasteiger partial charge in [-0.2, -0.15) is 0 Å². The summed E-state index contributed by atoms with van der Waals surface area (Å²) >= 11 is 0. The van der Waals surface area contributed by atoms with Crippen LogP contribution < -0.4 is 0 Å². The minimum atomic E-state index is -1.76. The van der Waals surface area contributed by atoms with Crippen molar-refractivity contribution < 1.29 is 35.1 Å². The monoisotopic (exact) mass is 665 g/mol. The smallest absolute Gasteiger partial charge is 0.338 e. The summed E-state index contributed by atoms with van der Waals surface area (Å²) in [6, 6.07) is 7.18. The van der Waals surface area contributed by atoms with Crippen LogP contribution in [0.25, 0.3) is 0 Å². The van der Waals surface area contributed by atoms with Crippen molar-refractivity contribution in [3.05, 3.63) is 35.4 Å². The Balaban J connectivity index is 1.89. The van der Waals surface area contributed by atoms with Crippen LogP contribution in [0.4, 0.5) is 0 Å². The Morgan fingerprint density at radius 1 is 0.532 bits per heavy atom. The van der Waals surface area contributed by atoms with E-state index in [0.29, 0.717) is 5.56 Å². The Hall–Kier alpha value is -1.51. The van der Waals surface area contributed by atoms with E-state index >= 15 is 0 Å². The quantitative estimate of drug-likeness (QED) is 0.0376. The SMILES string of the molecule is CCCCCCCCCCCCCCCCCCCCCCCCCCCc1ccc(C(=O)OC[C@@H](O)[C@@H](O)[C@H](O)[C@@H](O)CO)cc1. The molecule has 0 amide bonds. The standard InChI is InChI=1S/C40H72O7/c1-2-3-4-5-6-7-8-9-10-11-12-13-14-15-16-17-18-19-20-21-22-23-24-25-26-27-34-28-30-35(31-29-34)40(46)47-33-37(43)39(45)38(44)36(42)32-41/h28-31,36-39,41-45H,2-27,32-33H2,1H3/t36-,37+,38+,39+/m0/s1. The molecule has 0 bridgehead atoms. The molecule has 274 valence electrons. The molecule has 0 radical (unpaired) electrons. The summed E-state index contributed by atoms with van der Waals surface area (Å²) < 4.78 is 5.03. The summed E-state index contributed by atoms with van der Waals surface area (Å²) in [6.45, 7) is 0.976. The highest BCUT2D eigenvalue weighted by Crippen LogP contribution is 2.17. The van der Waals surface area contributed by atoms with Crippen molar-refractivity contribution in [1.82, 2.24) is 0 Å². The van der Waals surface area contributed by atoms with Gasteiger partial charge in [0.1, 0.15) is 31.0 Å². The molecular weight excluding hydrogens is 592 g/mol. The Morgan fingerprint density at radius 3 is 1.23 bits per heavy atom. The van der Waals surface area contributed by atoms with Crippen molar-refractivity contribution in [2.24, 2.45) is 0 Å². The van der Waals surface area contributed by atoms with E-state index in [4.69, 9.17) is 9.84 Å². The predicted octanol–water partition coefficient (Wildman–Crippen LogP) is 8.59. The molecule has 0 aliphatic carbocycles. The van der Waals surface area contributed by atoms with Crippen LogP contribution in [-0.2, 0) is 11.2 Å². The largest absolute Gasteiger partial charge is 0.459 e. The van der Waals surface area contributed by atoms with Crippen LogP contribution in [0.2, 0.25) is 0 Å². The van der Waals surface area contributed by atoms with Crippen molar-refractivity contribution >= 4 is 5.97 Å². The lowest BCUT2D eigenvalue weighted by Crippen LogP contribution is -2.47. The first kappa shape index (κ1) is 43.5. The number of carbonyl (C=O) groups is 1. The molecule has 0 aliphatic heterocycles. The van der Waals surface area contributed by atoms with E-state index in [2.05, 4.69) is 6.92 Å². The molecular formula is C40H72O7. The zero-order valence-electron chi connectivity index (χ0n) is 30.0. The number of carbonyl (C=O) groups excluding carboxylic acids is 1. The Bertz CT molecular complexity index is 830. The minimum Gasteiger partial charge on any atom is -0.459 e. The molecule has 0 fully saturated rings. The maximum absolute atomic E-state index is 12.3. The van der Waals surface area contributed by atoms with Crippen molar-refractivity contribution in [2.45, 2.75) is 198 Å². The summed E-state index contributed by atoms with van der Waals surface area (Å²) in [7, 11) is 0. The molecule has 0 aromatic heterocycles. The number of hydrogen-bond acceptors (Lipinski definition) is 7. The molecule has 7 nitrogen and oxygen atoms in total. The summed E-state index contributed by atoms with van der Waals surface area (Å²) in [5, 5.41) is 47.6. The number of benzene rings is 1. The predicted molar refractivity (Wildman–Crippen MR) is 193 cm³/mol. The van der Waals surface area contributed by atoms with E-state index in [-0.39, 0.29) is 0 Å². The van der Waals surface area contributed by atoms with Gasteiger partial charge in [-0.3, -0.25) is 0 Å². The highest BCUT2D eigenvalue weighted by Gasteiger charge is 2.30. The van der Waals surface area contributed by atoms with Gasteiger partial charge in [-0.15, -0.1) is 0 Å². The third-order valence-corrected chi connectivity index (χ3v) is 9.47. The highest BCUT2D eigenvalue weighted by molar-refractivity contribution is 5.89. The van der Waals surface area contributed by atoms with E-state index in [1.807, 2.05) is 12.1 Å². The van der Waals surface area contributed by atoms with Crippen molar-refractivity contribution in [3.8, 4) is 0 Å². The molecule has 0 unspecified atom stereocenters. The number of aryl methyl sites for hydroxylation is 1. The number of unbranched alkanes of at least 4 members (excludes halogenated alkanes) is 24. The molecule has 1 rings (SSSR count). The average molecular weight is 665 g/mol. The molecule has 1 aromatic carbocycles. The van der Waals surface area contributed by atoms with Gasteiger partial charge in [0, 0.05) is 0 Å². The van der Waals surface area contributed by atoms with Crippen LogP contribution in [0, 0.1) is 0 Å². The van der Waals surface area contributed by atoms with Gasteiger partial charge >= 0.3 is 5.97 Å². The van der Waals surface area contributed by atoms with Crippen molar-refractivity contribution in [3.63, 3.8) is 0 Å². The van der Waals surface area contributed by atoms with E-state index in [1.165, 1.54) is 154 Å². The van der Waals surface area contributed by atoms with Crippen LogP contribution in [0.3, 0.4) is 0 Å². The second-order valence-electron chi connectivity index (χ2n) is 13.8. The second kappa shape index (κ2) is 30.5. The summed E-state index contributed by atoms with van der Waals surface area (Å²) in [4.78, 5) is 12.3. The lowest BCUT2D eigenvalue weighted by atomic mass is 10.0. The van der Waals surface area contributed by atoms with Crippen LogP contribution in [0.1, 0.15) is 183 Å². The van der Waals surface area contributed by atoms with Crippen LogP contribution >= 0.6 is 0 Å². The van der Waals surface area contributed by atoms with Gasteiger partial charge in [0.25, 0.3) is 0 Å². The fraction of sp³-hybridized carbons (Fsp3) is 0.825. The van der Waals surface area contributed by atoms with E-state index in [0.717, 1.165) is 18.4 Å².